The molecule has 1 aromatic heterocycles. The zero-order valence-corrected chi connectivity index (χ0v) is 10.7. The van der Waals surface area contributed by atoms with Crippen LogP contribution < -0.4 is 5.32 Å². The third-order valence-corrected chi connectivity index (χ3v) is 3.08. The first-order valence-corrected chi connectivity index (χ1v) is 5.99. The number of nitrogens with zero attached hydrogens (tertiary/aromatic N) is 1. The van der Waals surface area contributed by atoms with Gasteiger partial charge in [-0.15, -0.1) is 0 Å². The average Bonchev–Trinajstić information content (AvgIpc) is 2.72. The topological polar surface area (TPSA) is 26.2 Å². The molecule has 92 valence electrons. The van der Waals surface area contributed by atoms with Crippen LogP contribution >= 0.6 is 0 Å². The Balaban J connectivity index is 2.32. The summed E-state index contributed by atoms with van der Waals surface area (Å²) < 4.78 is 7.57. The van der Waals surface area contributed by atoms with E-state index in [1.54, 1.807) is 7.11 Å². The van der Waals surface area contributed by atoms with Gasteiger partial charge in [0.25, 0.3) is 0 Å². The fraction of sp³-hybridized carbons (Fsp3) is 0.429. The maximum Gasteiger partial charge on any atom is 0.0722 e. The summed E-state index contributed by atoms with van der Waals surface area (Å²) in [4.78, 5) is 0. The number of ether oxygens (including phenoxy) is 1. The van der Waals surface area contributed by atoms with E-state index in [0.29, 0.717) is 0 Å². The second-order valence-corrected chi connectivity index (χ2v) is 4.44. The van der Waals surface area contributed by atoms with E-state index in [1.165, 1.54) is 16.5 Å². The quantitative estimate of drug-likeness (QED) is 0.856. The van der Waals surface area contributed by atoms with Crippen molar-refractivity contribution in [2.75, 3.05) is 14.2 Å². The van der Waals surface area contributed by atoms with Gasteiger partial charge in [-0.1, -0.05) is 12.1 Å². The normalized spacial score (nSPS) is 13.1. The molecule has 0 saturated heterocycles. The van der Waals surface area contributed by atoms with E-state index < -0.39 is 0 Å². The zero-order valence-electron chi connectivity index (χ0n) is 10.7. The number of hydrogen-bond donors (Lipinski definition) is 1. The van der Waals surface area contributed by atoms with Crippen LogP contribution in [0.3, 0.4) is 0 Å². The zero-order chi connectivity index (χ0) is 12.3. The third-order valence-electron chi connectivity index (χ3n) is 3.08. The first-order valence-electron chi connectivity index (χ1n) is 5.99. The second kappa shape index (κ2) is 5.34. The molecule has 2 aromatic rings. The fourth-order valence-corrected chi connectivity index (χ4v) is 2.05. The minimum absolute atomic E-state index is 0.235. The molecule has 0 spiro atoms. The maximum absolute atomic E-state index is 5.32. The molecule has 3 nitrogen and oxygen atoms in total. The number of benzene rings is 1. The molecule has 0 aliphatic heterocycles. The number of nitrogens with one attached hydrogen (secondary N) is 1. The number of fused-ring (bicyclic) bond motifs is 1. The van der Waals surface area contributed by atoms with Crippen LogP contribution in [0.1, 0.15) is 12.5 Å². The average molecular weight is 232 g/mol. The van der Waals surface area contributed by atoms with Crippen LogP contribution in [-0.2, 0) is 17.8 Å². The first-order chi connectivity index (χ1) is 8.24. The molecule has 1 aromatic carbocycles. The van der Waals surface area contributed by atoms with E-state index >= 15 is 0 Å². The SMILES string of the molecule is CNCc1ccc2ccn(CC(C)OC)c2c1. The minimum atomic E-state index is 0.235. The molecule has 0 fully saturated rings. The summed E-state index contributed by atoms with van der Waals surface area (Å²) in [6, 6.07) is 8.74. The number of hydrogen-bond acceptors (Lipinski definition) is 2. The minimum Gasteiger partial charge on any atom is -0.380 e. The molecule has 1 N–H and O–H groups in total. The fourth-order valence-electron chi connectivity index (χ4n) is 2.05. The first kappa shape index (κ1) is 12.1. The van der Waals surface area contributed by atoms with E-state index in [9.17, 15) is 0 Å². The second-order valence-electron chi connectivity index (χ2n) is 4.44. The van der Waals surface area contributed by atoms with Crippen molar-refractivity contribution in [1.82, 2.24) is 9.88 Å². The molecule has 0 aliphatic rings. The van der Waals surface area contributed by atoms with Gasteiger partial charge in [-0.2, -0.15) is 0 Å². The molecular weight excluding hydrogens is 212 g/mol. The Morgan fingerprint density at radius 2 is 2.18 bits per heavy atom. The predicted molar refractivity (Wildman–Crippen MR) is 71.2 cm³/mol. The number of methoxy groups -OCH3 is 1. The van der Waals surface area contributed by atoms with E-state index in [4.69, 9.17) is 4.74 Å². The molecule has 0 saturated carbocycles. The van der Waals surface area contributed by atoms with Crippen LogP contribution in [0.15, 0.2) is 30.5 Å². The highest BCUT2D eigenvalue weighted by Crippen LogP contribution is 2.18. The molecule has 0 bridgehead atoms. The highest BCUT2D eigenvalue weighted by molar-refractivity contribution is 5.80. The Hall–Kier alpha value is -1.32. The van der Waals surface area contributed by atoms with Gasteiger partial charge in [-0.25, -0.2) is 0 Å². The van der Waals surface area contributed by atoms with Gasteiger partial charge in [0.1, 0.15) is 0 Å². The molecular formula is C14H20N2O. The van der Waals surface area contributed by atoms with Crippen LogP contribution in [0.2, 0.25) is 0 Å². The van der Waals surface area contributed by atoms with Crippen molar-refractivity contribution in [2.45, 2.75) is 26.1 Å². The van der Waals surface area contributed by atoms with Gasteiger partial charge in [0.2, 0.25) is 0 Å². The molecule has 1 atom stereocenters. The molecule has 1 heterocycles. The van der Waals surface area contributed by atoms with Gasteiger partial charge >= 0.3 is 0 Å². The van der Waals surface area contributed by atoms with Crippen molar-refractivity contribution in [1.29, 1.82) is 0 Å². The Kier molecular flexibility index (Phi) is 3.82. The van der Waals surface area contributed by atoms with Crippen LogP contribution in [0.25, 0.3) is 10.9 Å². The van der Waals surface area contributed by atoms with Gasteiger partial charge in [0.05, 0.1) is 6.10 Å². The van der Waals surface area contributed by atoms with Crippen LogP contribution in [0, 0.1) is 0 Å². The van der Waals surface area contributed by atoms with E-state index in [1.807, 2.05) is 7.05 Å². The highest BCUT2D eigenvalue weighted by Gasteiger charge is 2.05. The number of rotatable bonds is 5. The van der Waals surface area contributed by atoms with Crippen LogP contribution in [0.4, 0.5) is 0 Å². The lowest BCUT2D eigenvalue weighted by atomic mass is 10.1. The van der Waals surface area contributed by atoms with Crippen molar-refractivity contribution in [3.05, 3.63) is 36.0 Å². The summed E-state index contributed by atoms with van der Waals surface area (Å²) in [6.45, 7) is 3.88. The standard InChI is InChI=1S/C14H20N2O/c1-11(17-3)10-16-7-6-13-5-4-12(9-15-2)8-14(13)16/h4-8,11,15H,9-10H2,1-3H3. The number of aromatic nitrogens is 1. The molecule has 0 amide bonds. The molecule has 17 heavy (non-hydrogen) atoms. The van der Waals surface area contributed by atoms with Crippen molar-refractivity contribution in [3.8, 4) is 0 Å². The molecule has 3 heteroatoms. The Morgan fingerprint density at radius 1 is 1.35 bits per heavy atom. The Morgan fingerprint density at radius 3 is 2.88 bits per heavy atom. The summed E-state index contributed by atoms with van der Waals surface area (Å²) in [5.74, 6) is 0. The third kappa shape index (κ3) is 2.68. The lowest BCUT2D eigenvalue weighted by Crippen LogP contribution is -2.13. The summed E-state index contributed by atoms with van der Waals surface area (Å²) in [5.41, 5.74) is 2.59. The van der Waals surface area contributed by atoms with Gasteiger partial charge in [-0.05, 0) is 37.1 Å². The summed E-state index contributed by atoms with van der Waals surface area (Å²) in [7, 11) is 3.72. The van der Waals surface area contributed by atoms with E-state index in [0.717, 1.165) is 13.1 Å². The van der Waals surface area contributed by atoms with E-state index in [-0.39, 0.29) is 6.10 Å². The molecule has 2 rings (SSSR count). The van der Waals surface area contributed by atoms with Crippen LogP contribution in [-0.4, -0.2) is 24.8 Å². The Labute approximate surface area is 102 Å². The van der Waals surface area contributed by atoms with Gasteiger partial charge < -0.3 is 14.6 Å². The van der Waals surface area contributed by atoms with Gasteiger partial charge in [-0.3, -0.25) is 0 Å². The van der Waals surface area contributed by atoms with Crippen molar-refractivity contribution >= 4 is 10.9 Å². The monoisotopic (exact) mass is 232 g/mol. The predicted octanol–water partition coefficient (Wildman–Crippen LogP) is 2.40. The maximum atomic E-state index is 5.32. The van der Waals surface area contributed by atoms with E-state index in [2.05, 4.69) is 47.3 Å². The molecule has 0 aliphatic carbocycles. The molecule has 1 unspecified atom stereocenters. The molecule has 0 radical (unpaired) electrons. The van der Waals surface area contributed by atoms with Gasteiger partial charge in [0, 0.05) is 31.9 Å². The van der Waals surface area contributed by atoms with Gasteiger partial charge in [0.15, 0.2) is 0 Å². The van der Waals surface area contributed by atoms with Crippen molar-refractivity contribution < 1.29 is 4.74 Å². The lowest BCUT2D eigenvalue weighted by molar-refractivity contribution is 0.104. The summed E-state index contributed by atoms with van der Waals surface area (Å²) in [5, 5.41) is 4.46. The van der Waals surface area contributed by atoms with Crippen molar-refractivity contribution in [3.63, 3.8) is 0 Å². The Bertz CT molecular complexity index is 490. The highest BCUT2D eigenvalue weighted by atomic mass is 16.5. The lowest BCUT2D eigenvalue weighted by Gasteiger charge is -2.12. The summed E-state index contributed by atoms with van der Waals surface area (Å²) >= 11 is 0. The van der Waals surface area contributed by atoms with Crippen molar-refractivity contribution in [2.24, 2.45) is 0 Å². The largest absolute Gasteiger partial charge is 0.380 e. The smallest absolute Gasteiger partial charge is 0.0722 e. The summed E-state index contributed by atoms with van der Waals surface area (Å²) in [6.07, 6.45) is 2.36. The van der Waals surface area contributed by atoms with Crippen LogP contribution in [0.5, 0.6) is 0 Å².